The first-order valence-corrected chi connectivity index (χ1v) is 3.48. The molecule has 0 bridgehead atoms. The normalized spacial score (nSPS) is 9.80. The molecular weight excluding hydrogens is 146 g/mol. The second kappa shape index (κ2) is 3.59. The molecule has 2 heteroatoms. The average Bonchev–Trinajstić information content (AvgIpc) is 1.95. The van der Waals surface area contributed by atoms with Crippen LogP contribution in [0.2, 0.25) is 5.02 Å². The Labute approximate surface area is 65.8 Å². The lowest BCUT2D eigenvalue weighted by Crippen LogP contribution is -1.94. The first-order chi connectivity index (χ1) is 4.83. The molecule has 0 amide bonds. The maximum Gasteiger partial charge on any atom is 0.0406 e. The second-order valence-electron chi connectivity index (χ2n) is 2.07. The molecule has 2 N–H and O–H groups in total. The molecule has 0 unspecified atom stereocenters. The zero-order valence-electron chi connectivity index (χ0n) is 5.55. The molecule has 0 saturated carbocycles. The number of nitrogens with two attached hydrogens (primary N) is 1. The van der Waals surface area contributed by atoms with Gasteiger partial charge in [0.2, 0.25) is 0 Å². The summed E-state index contributed by atoms with van der Waals surface area (Å²) in [6, 6.07) is 7.65. The molecule has 0 aliphatic carbocycles. The Morgan fingerprint density at radius 2 is 1.90 bits per heavy atom. The fraction of sp³-hybridized carbons (Fsp3) is 0.125. The van der Waals surface area contributed by atoms with Gasteiger partial charge in [-0.3, -0.25) is 0 Å². The summed E-state index contributed by atoms with van der Waals surface area (Å²) < 4.78 is 0. The Morgan fingerprint density at radius 3 is 2.40 bits per heavy atom. The summed E-state index contributed by atoms with van der Waals surface area (Å²) in [5.41, 5.74) is 6.43. The fourth-order valence-electron chi connectivity index (χ4n) is 0.757. The summed E-state index contributed by atoms with van der Waals surface area (Å²) in [5, 5.41) is 0.765. The minimum Gasteiger partial charge on any atom is -0.326 e. The van der Waals surface area contributed by atoms with Crippen LogP contribution in [-0.2, 0) is 6.42 Å². The van der Waals surface area contributed by atoms with Crippen molar-refractivity contribution in [2.24, 2.45) is 5.73 Å². The van der Waals surface area contributed by atoms with Crippen LogP contribution >= 0.6 is 11.6 Å². The largest absolute Gasteiger partial charge is 0.326 e. The van der Waals surface area contributed by atoms with Gasteiger partial charge in [0.1, 0.15) is 0 Å². The van der Waals surface area contributed by atoms with E-state index in [4.69, 9.17) is 17.3 Å². The van der Waals surface area contributed by atoms with Crippen LogP contribution in [0, 0.1) is 6.54 Å². The van der Waals surface area contributed by atoms with E-state index < -0.39 is 0 Å². The molecule has 1 aromatic rings. The van der Waals surface area contributed by atoms with Crippen molar-refractivity contribution in [1.29, 1.82) is 0 Å². The van der Waals surface area contributed by atoms with Crippen molar-refractivity contribution in [3.8, 4) is 0 Å². The number of benzene rings is 1. The molecule has 0 spiro atoms. The van der Waals surface area contributed by atoms with Crippen molar-refractivity contribution in [3.05, 3.63) is 41.4 Å². The molecule has 1 radical (unpaired) electrons. The molecule has 0 atom stereocenters. The molecule has 0 heterocycles. The van der Waals surface area contributed by atoms with Crippen LogP contribution in [0.5, 0.6) is 0 Å². The van der Waals surface area contributed by atoms with Gasteiger partial charge in [-0.15, -0.1) is 0 Å². The third kappa shape index (κ3) is 2.01. The lowest BCUT2D eigenvalue weighted by Gasteiger charge is -1.95. The minimum atomic E-state index is 0.765. The van der Waals surface area contributed by atoms with Gasteiger partial charge in [0.05, 0.1) is 0 Å². The lowest BCUT2D eigenvalue weighted by atomic mass is 10.2. The van der Waals surface area contributed by atoms with Gasteiger partial charge in [-0.05, 0) is 24.1 Å². The second-order valence-corrected chi connectivity index (χ2v) is 2.50. The predicted octanol–water partition coefficient (Wildman–Crippen LogP) is 2.00. The smallest absolute Gasteiger partial charge is 0.0406 e. The molecular formula is C8H9ClN. The average molecular weight is 155 g/mol. The van der Waals surface area contributed by atoms with E-state index in [1.165, 1.54) is 5.56 Å². The van der Waals surface area contributed by atoms with Gasteiger partial charge in [-0.2, -0.15) is 0 Å². The van der Waals surface area contributed by atoms with Crippen molar-refractivity contribution in [3.63, 3.8) is 0 Å². The Bertz CT molecular complexity index is 193. The SMILES string of the molecule is N[CH]Cc1ccc(Cl)cc1. The first-order valence-electron chi connectivity index (χ1n) is 3.11. The Kier molecular flexibility index (Phi) is 2.72. The number of rotatable bonds is 2. The first kappa shape index (κ1) is 7.58. The molecule has 0 fully saturated rings. The molecule has 1 rings (SSSR count). The van der Waals surface area contributed by atoms with Crippen molar-refractivity contribution in [2.75, 3.05) is 0 Å². The van der Waals surface area contributed by atoms with Gasteiger partial charge in [0.25, 0.3) is 0 Å². The van der Waals surface area contributed by atoms with E-state index in [2.05, 4.69) is 0 Å². The number of hydrogen-bond donors (Lipinski definition) is 1. The predicted molar refractivity (Wildman–Crippen MR) is 43.6 cm³/mol. The minimum absolute atomic E-state index is 0.765. The van der Waals surface area contributed by atoms with Crippen LogP contribution in [0.15, 0.2) is 24.3 Å². The van der Waals surface area contributed by atoms with Crippen molar-refractivity contribution in [1.82, 2.24) is 0 Å². The van der Waals surface area contributed by atoms with Crippen LogP contribution in [0.1, 0.15) is 5.56 Å². The Morgan fingerprint density at radius 1 is 1.30 bits per heavy atom. The van der Waals surface area contributed by atoms with Crippen LogP contribution in [0.25, 0.3) is 0 Å². The van der Waals surface area contributed by atoms with E-state index in [1.54, 1.807) is 6.54 Å². The summed E-state index contributed by atoms with van der Waals surface area (Å²) >= 11 is 5.67. The van der Waals surface area contributed by atoms with E-state index in [9.17, 15) is 0 Å². The van der Waals surface area contributed by atoms with Gasteiger partial charge >= 0.3 is 0 Å². The maximum atomic E-state index is 5.67. The maximum absolute atomic E-state index is 5.67. The van der Waals surface area contributed by atoms with Crippen molar-refractivity contribution < 1.29 is 0 Å². The molecule has 53 valence electrons. The summed E-state index contributed by atoms with van der Waals surface area (Å²) in [6.07, 6.45) is 0.803. The van der Waals surface area contributed by atoms with Crippen LogP contribution in [0.3, 0.4) is 0 Å². The van der Waals surface area contributed by atoms with E-state index in [0.29, 0.717) is 0 Å². The van der Waals surface area contributed by atoms with Gasteiger partial charge in [0, 0.05) is 11.6 Å². The topological polar surface area (TPSA) is 26.0 Å². The molecule has 1 aromatic carbocycles. The van der Waals surface area contributed by atoms with Gasteiger partial charge in [-0.25, -0.2) is 0 Å². The van der Waals surface area contributed by atoms with Crippen LogP contribution < -0.4 is 5.73 Å². The van der Waals surface area contributed by atoms with Crippen molar-refractivity contribution in [2.45, 2.75) is 6.42 Å². The highest BCUT2D eigenvalue weighted by molar-refractivity contribution is 6.30. The van der Waals surface area contributed by atoms with E-state index in [1.807, 2.05) is 24.3 Å². The standard InChI is InChI=1S/C8H9ClN/c9-8-3-1-7(2-4-8)5-6-10/h1-4,6H,5,10H2. The summed E-state index contributed by atoms with van der Waals surface area (Å²) in [6.45, 7) is 1.63. The monoisotopic (exact) mass is 154 g/mol. The number of halogens is 1. The van der Waals surface area contributed by atoms with E-state index >= 15 is 0 Å². The van der Waals surface area contributed by atoms with Gasteiger partial charge < -0.3 is 5.73 Å². The van der Waals surface area contributed by atoms with Crippen molar-refractivity contribution >= 4 is 11.6 Å². The van der Waals surface area contributed by atoms with Gasteiger partial charge in [0.15, 0.2) is 0 Å². The molecule has 0 saturated heterocycles. The molecule has 0 aliphatic rings. The van der Waals surface area contributed by atoms with Crippen LogP contribution in [0.4, 0.5) is 0 Å². The third-order valence-electron chi connectivity index (χ3n) is 1.27. The molecule has 0 aromatic heterocycles. The molecule has 0 aliphatic heterocycles. The number of hydrogen-bond acceptors (Lipinski definition) is 1. The Hall–Kier alpha value is -0.530. The fourth-order valence-corrected chi connectivity index (χ4v) is 0.883. The highest BCUT2D eigenvalue weighted by Gasteiger charge is 1.89. The van der Waals surface area contributed by atoms with Crippen LogP contribution in [-0.4, -0.2) is 0 Å². The zero-order valence-corrected chi connectivity index (χ0v) is 6.31. The summed E-state index contributed by atoms with van der Waals surface area (Å²) in [4.78, 5) is 0. The highest BCUT2D eigenvalue weighted by Crippen LogP contribution is 2.09. The Balaban J connectivity index is 2.69. The summed E-state index contributed by atoms with van der Waals surface area (Å²) in [7, 11) is 0. The van der Waals surface area contributed by atoms with Gasteiger partial charge in [-0.1, -0.05) is 23.7 Å². The molecule has 10 heavy (non-hydrogen) atoms. The zero-order chi connectivity index (χ0) is 7.40. The quantitative estimate of drug-likeness (QED) is 0.693. The third-order valence-corrected chi connectivity index (χ3v) is 1.52. The lowest BCUT2D eigenvalue weighted by molar-refractivity contribution is 1.11. The highest BCUT2D eigenvalue weighted by atomic mass is 35.5. The molecule has 1 nitrogen and oxygen atoms in total. The van der Waals surface area contributed by atoms with E-state index in [0.717, 1.165) is 11.4 Å². The van der Waals surface area contributed by atoms with E-state index in [-0.39, 0.29) is 0 Å². The summed E-state index contributed by atoms with van der Waals surface area (Å²) in [5.74, 6) is 0.